The van der Waals surface area contributed by atoms with Crippen molar-refractivity contribution in [2.24, 2.45) is 0 Å². The zero-order valence-corrected chi connectivity index (χ0v) is 15.7. The van der Waals surface area contributed by atoms with Gasteiger partial charge in [-0.2, -0.15) is 0 Å². The van der Waals surface area contributed by atoms with Crippen molar-refractivity contribution in [1.29, 1.82) is 0 Å². The maximum atomic E-state index is 10.4. The number of carboxylic acids is 1. The van der Waals surface area contributed by atoms with Crippen LogP contribution in [0.1, 0.15) is 96.8 Å². The fourth-order valence-corrected chi connectivity index (χ4v) is 2.49. The molecule has 24 heavy (non-hydrogen) atoms. The van der Waals surface area contributed by atoms with Crippen LogP contribution in [0, 0.1) is 0 Å². The summed E-state index contributed by atoms with van der Waals surface area (Å²) in [5, 5.41) is 8.53. The lowest BCUT2D eigenvalue weighted by molar-refractivity contribution is -0.137. The second-order valence-corrected chi connectivity index (χ2v) is 6.42. The highest BCUT2D eigenvalue weighted by Gasteiger charge is 1.94. The highest BCUT2D eigenvalue weighted by molar-refractivity contribution is 5.66. The Morgan fingerprint density at radius 2 is 1.12 bits per heavy atom. The van der Waals surface area contributed by atoms with Crippen molar-refractivity contribution in [2.75, 3.05) is 0 Å². The van der Waals surface area contributed by atoms with Gasteiger partial charge in [0.25, 0.3) is 0 Å². The van der Waals surface area contributed by atoms with Gasteiger partial charge in [0.05, 0.1) is 0 Å². The molecule has 0 unspecified atom stereocenters. The van der Waals surface area contributed by atoms with Crippen molar-refractivity contribution < 1.29 is 9.90 Å². The lowest BCUT2D eigenvalue weighted by atomic mass is 10.1. The number of hydrogen-bond acceptors (Lipinski definition) is 1. The van der Waals surface area contributed by atoms with Gasteiger partial charge >= 0.3 is 5.97 Å². The molecule has 138 valence electrons. The first-order valence-corrected chi connectivity index (χ1v) is 9.94. The average molecular weight is 335 g/mol. The summed E-state index contributed by atoms with van der Waals surface area (Å²) >= 11 is 0. The molecular weight excluding hydrogens is 296 g/mol. The summed E-state index contributed by atoms with van der Waals surface area (Å²) in [6.45, 7) is 2.24. The first-order chi connectivity index (χ1) is 11.8. The van der Waals surface area contributed by atoms with E-state index in [1.807, 2.05) is 0 Å². The van der Waals surface area contributed by atoms with Gasteiger partial charge in [0.2, 0.25) is 0 Å². The molecule has 0 aromatic rings. The molecule has 2 nitrogen and oxygen atoms in total. The van der Waals surface area contributed by atoms with Gasteiger partial charge < -0.3 is 5.11 Å². The summed E-state index contributed by atoms with van der Waals surface area (Å²) in [5.74, 6) is -0.678. The largest absolute Gasteiger partial charge is 0.481 e. The van der Waals surface area contributed by atoms with E-state index in [1.165, 1.54) is 51.4 Å². The highest BCUT2D eigenvalue weighted by atomic mass is 16.4. The minimum atomic E-state index is -0.678. The van der Waals surface area contributed by atoms with Crippen molar-refractivity contribution in [3.63, 3.8) is 0 Å². The lowest BCUT2D eigenvalue weighted by Crippen LogP contribution is -1.93. The van der Waals surface area contributed by atoms with Crippen molar-refractivity contribution >= 4 is 5.97 Å². The Morgan fingerprint density at radius 1 is 0.667 bits per heavy atom. The van der Waals surface area contributed by atoms with E-state index in [0.717, 1.165) is 32.1 Å². The van der Waals surface area contributed by atoms with Gasteiger partial charge in [-0.1, -0.05) is 62.6 Å². The van der Waals surface area contributed by atoms with E-state index in [1.54, 1.807) is 0 Å². The van der Waals surface area contributed by atoms with Crippen LogP contribution in [0.5, 0.6) is 0 Å². The first-order valence-electron chi connectivity index (χ1n) is 9.94. The Bertz CT molecular complexity index is 353. The van der Waals surface area contributed by atoms with E-state index >= 15 is 0 Å². The molecular formula is C22H38O2. The van der Waals surface area contributed by atoms with Gasteiger partial charge in [-0.25, -0.2) is 0 Å². The second kappa shape index (κ2) is 19.7. The quantitative estimate of drug-likeness (QED) is 0.225. The summed E-state index contributed by atoms with van der Waals surface area (Å²) in [6.07, 6.45) is 29.2. The Hall–Kier alpha value is -1.31. The number of carboxylic acid groups (broad SMARTS) is 1. The number of unbranched alkanes of at least 4 members (excludes halogenated alkanes) is 9. The smallest absolute Gasteiger partial charge is 0.303 e. The first kappa shape index (κ1) is 22.7. The van der Waals surface area contributed by atoms with Crippen LogP contribution in [0.25, 0.3) is 0 Å². The standard InChI is InChI=1S/C22H38O2/c1-2-3-4-5-6-7-8-9-10-11-12-13-14-15-16-17-18-19-20-21-22(23)24/h6-7,9-10,15-16H,2-5,8,11-14,17-21H2,1H3,(H,23,24). The zero-order chi connectivity index (χ0) is 17.7. The van der Waals surface area contributed by atoms with Gasteiger partial charge in [-0.3, -0.25) is 4.79 Å². The van der Waals surface area contributed by atoms with E-state index in [-0.39, 0.29) is 0 Å². The topological polar surface area (TPSA) is 37.3 Å². The lowest BCUT2D eigenvalue weighted by Gasteiger charge is -1.96. The van der Waals surface area contributed by atoms with Crippen LogP contribution >= 0.6 is 0 Å². The van der Waals surface area contributed by atoms with Crippen LogP contribution < -0.4 is 0 Å². The highest BCUT2D eigenvalue weighted by Crippen LogP contribution is 2.06. The predicted octanol–water partition coefficient (Wildman–Crippen LogP) is 7.22. The third-order valence-corrected chi connectivity index (χ3v) is 4.00. The van der Waals surface area contributed by atoms with Gasteiger partial charge in [-0.05, 0) is 64.2 Å². The molecule has 0 aromatic carbocycles. The predicted molar refractivity (Wildman–Crippen MR) is 105 cm³/mol. The summed E-state index contributed by atoms with van der Waals surface area (Å²) in [6, 6.07) is 0. The average Bonchev–Trinajstić information content (AvgIpc) is 2.56. The second-order valence-electron chi connectivity index (χ2n) is 6.42. The van der Waals surface area contributed by atoms with Gasteiger partial charge in [-0.15, -0.1) is 0 Å². The summed E-state index contributed by atoms with van der Waals surface area (Å²) in [4.78, 5) is 10.4. The Balaban J connectivity index is 3.24. The number of rotatable bonds is 17. The summed E-state index contributed by atoms with van der Waals surface area (Å²) in [7, 11) is 0. The minimum absolute atomic E-state index is 0.311. The molecule has 0 saturated carbocycles. The van der Waals surface area contributed by atoms with E-state index in [0.29, 0.717) is 6.42 Å². The van der Waals surface area contributed by atoms with Crippen molar-refractivity contribution in [3.05, 3.63) is 36.5 Å². The Morgan fingerprint density at radius 3 is 1.62 bits per heavy atom. The fourth-order valence-electron chi connectivity index (χ4n) is 2.49. The molecule has 0 aliphatic rings. The van der Waals surface area contributed by atoms with E-state index in [9.17, 15) is 4.79 Å². The molecule has 0 heterocycles. The molecule has 0 atom stereocenters. The molecule has 0 radical (unpaired) electrons. The molecule has 0 fully saturated rings. The van der Waals surface area contributed by atoms with Crippen LogP contribution in [0.2, 0.25) is 0 Å². The normalized spacial score (nSPS) is 12.0. The van der Waals surface area contributed by atoms with E-state index in [4.69, 9.17) is 5.11 Å². The maximum absolute atomic E-state index is 10.4. The molecule has 2 heteroatoms. The number of aliphatic carboxylic acids is 1. The molecule has 0 spiro atoms. The molecule has 0 aliphatic heterocycles. The Labute approximate surface area is 149 Å². The van der Waals surface area contributed by atoms with Crippen molar-refractivity contribution in [2.45, 2.75) is 96.8 Å². The molecule has 0 aromatic heterocycles. The monoisotopic (exact) mass is 334 g/mol. The van der Waals surface area contributed by atoms with E-state index < -0.39 is 5.97 Å². The minimum Gasteiger partial charge on any atom is -0.481 e. The van der Waals surface area contributed by atoms with Crippen molar-refractivity contribution in [3.8, 4) is 0 Å². The third kappa shape index (κ3) is 20.7. The number of allylic oxidation sites excluding steroid dienone is 6. The summed E-state index contributed by atoms with van der Waals surface area (Å²) in [5.41, 5.74) is 0. The summed E-state index contributed by atoms with van der Waals surface area (Å²) < 4.78 is 0. The van der Waals surface area contributed by atoms with Gasteiger partial charge in [0, 0.05) is 6.42 Å². The zero-order valence-electron chi connectivity index (χ0n) is 15.7. The molecule has 0 aliphatic carbocycles. The molecule has 1 N–H and O–H groups in total. The fraction of sp³-hybridized carbons (Fsp3) is 0.682. The molecule has 0 saturated heterocycles. The molecule has 0 amide bonds. The van der Waals surface area contributed by atoms with Crippen molar-refractivity contribution in [1.82, 2.24) is 0 Å². The van der Waals surface area contributed by atoms with Crippen LogP contribution in [-0.4, -0.2) is 11.1 Å². The maximum Gasteiger partial charge on any atom is 0.303 e. The number of carbonyl (C=O) groups is 1. The van der Waals surface area contributed by atoms with E-state index in [2.05, 4.69) is 43.4 Å². The third-order valence-electron chi connectivity index (χ3n) is 4.00. The Kier molecular flexibility index (Phi) is 18.7. The van der Waals surface area contributed by atoms with Crippen LogP contribution in [0.3, 0.4) is 0 Å². The van der Waals surface area contributed by atoms with Crippen LogP contribution in [0.15, 0.2) is 36.5 Å². The SMILES string of the molecule is CCCCCC=CCC=CCCCCC=CCCCCCC(=O)O. The van der Waals surface area contributed by atoms with Crippen LogP contribution in [0.4, 0.5) is 0 Å². The molecule has 0 rings (SSSR count). The van der Waals surface area contributed by atoms with Crippen LogP contribution in [-0.2, 0) is 4.79 Å². The molecule has 0 bridgehead atoms. The van der Waals surface area contributed by atoms with Gasteiger partial charge in [0.15, 0.2) is 0 Å². The van der Waals surface area contributed by atoms with Gasteiger partial charge in [0.1, 0.15) is 0 Å². The number of hydrogen-bond donors (Lipinski definition) is 1.